The first-order valence-corrected chi connectivity index (χ1v) is 10.5. The lowest BCUT2D eigenvalue weighted by molar-refractivity contribution is -0.127. The van der Waals surface area contributed by atoms with Gasteiger partial charge in [0.05, 0.1) is 5.75 Å². The Hall–Kier alpha value is -3.05. The average molecular weight is 405 g/mol. The molecule has 0 aliphatic heterocycles. The Morgan fingerprint density at radius 3 is 1.83 bits per heavy atom. The van der Waals surface area contributed by atoms with Crippen LogP contribution in [0.1, 0.15) is 29.0 Å². The molecule has 3 aromatic rings. The summed E-state index contributed by atoms with van der Waals surface area (Å²) in [4.78, 5) is 25.6. The van der Waals surface area contributed by atoms with E-state index >= 15 is 0 Å². The van der Waals surface area contributed by atoms with Gasteiger partial charge in [0.1, 0.15) is 0 Å². The third-order valence-corrected chi connectivity index (χ3v) is 5.54. The predicted octanol–water partition coefficient (Wildman–Crippen LogP) is 4.46. The van der Waals surface area contributed by atoms with E-state index in [1.54, 1.807) is 0 Å². The summed E-state index contributed by atoms with van der Waals surface area (Å²) in [5, 5.41) is 0. The summed E-state index contributed by atoms with van der Waals surface area (Å²) in [5.41, 5.74) is 8.37. The van der Waals surface area contributed by atoms with Gasteiger partial charge in [0.25, 0.3) is 0 Å². The van der Waals surface area contributed by atoms with Crippen LogP contribution in [0.25, 0.3) is 0 Å². The highest BCUT2D eigenvalue weighted by Gasteiger charge is 2.18. The number of hydrogen-bond acceptors (Lipinski definition) is 3. The first kappa shape index (κ1) is 20.7. The molecule has 0 bridgehead atoms. The maximum absolute atomic E-state index is 12.5. The number of thioether (sulfide) groups is 1. The smallest absolute Gasteiger partial charge is 0.248 e. The SMILES string of the molecule is Cc1ccc(SCC(=O)NNC(=O)CC(c2ccccc2)c2ccccc2)cc1. The van der Waals surface area contributed by atoms with Gasteiger partial charge in [-0.25, -0.2) is 0 Å². The van der Waals surface area contributed by atoms with Gasteiger partial charge in [0.2, 0.25) is 11.8 Å². The van der Waals surface area contributed by atoms with Crippen LogP contribution in [0.3, 0.4) is 0 Å². The zero-order valence-electron chi connectivity index (χ0n) is 16.3. The molecule has 148 valence electrons. The lowest BCUT2D eigenvalue weighted by atomic mass is 9.88. The highest BCUT2D eigenvalue weighted by Crippen LogP contribution is 2.27. The van der Waals surface area contributed by atoms with Crippen LogP contribution in [0.5, 0.6) is 0 Å². The summed E-state index contributed by atoms with van der Waals surface area (Å²) in [6.45, 7) is 2.02. The van der Waals surface area contributed by atoms with E-state index in [1.165, 1.54) is 17.3 Å². The fourth-order valence-electron chi connectivity index (χ4n) is 2.99. The fraction of sp³-hybridized carbons (Fsp3) is 0.167. The van der Waals surface area contributed by atoms with Crippen molar-refractivity contribution in [2.24, 2.45) is 0 Å². The van der Waals surface area contributed by atoms with Gasteiger partial charge in [0.15, 0.2) is 0 Å². The second-order valence-corrected chi connectivity index (χ2v) is 7.82. The van der Waals surface area contributed by atoms with E-state index in [0.717, 1.165) is 16.0 Å². The summed E-state index contributed by atoms with van der Waals surface area (Å²) in [6, 6.07) is 27.8. The average Bonchev–Trinajstić information content (AvgIpc) is 2.77. The van der Waals surface area contributed by atoms with E-state index in [4.69, 9.17) is 0 Å². The number of rotatable bonds is 7. The van der Waals surface area contributed by atoms with Crippen LogP contribution < -0.4 is 10.9 Å². The Balaban J connectivity index is 1.53. The molecule has 3 rings (SSSR count). The molecule has 0 saturated carbocycles. The van der Waals surface area contributed by atoms with Crippen molar-refractivity contribution in [2.45, 2.75) is 24.2 Å². The van der Waals surface area contributed by atoms with E-state index < -0.39 is 0 Å². The molecule has 4 nitrogen and oxygen atoms in total. The molecule has 2 N–H and O–H groups in total. The van der Waals surface area contributed by atoms with Gasteiger partial charge < -0.3 is 0 Å². The van der Waals surface area contributed by atoms with Crippen molar-refractivity contribution in [3.63, 3.8) is 0 Å². The topological polar surface area (TPSA) is 58.2 Å². The Kier molecular flexibility index (Phi) is 7.47. The third kappa shape index (κ3) is 6.50. The van der Waals surface area contributed by atoms with Crippen LogP contribution >= 0.6 is 11.8 Å². The number of hydrazine groups is 1. The predicted molar refractivity (Wildman–Crippen MR) is 118 cm³/mol. The van der Waals surface area contributed by atoms with Crippen molar-refractivity contribution in [2.75, 3.05) is 5.75 Å². The van der Waals surface area contributed by atoms with Gasteiger partial charge in [-0.05, 0) is 30.2 Å². The molecule has 5 heteroatoms. The zero-order chi connectivity index (χ0) is 20.5. The zero-order valence-corrected chi connectivity index (χ0v) is 17.1. The van der Waals surface area contributed by atoms with Crippen LogP contribution in [0, 0.1) is 6.92 Å². The molecule has 2 amide bonds. The third-order valence-electron chi connectivity index (χ3n) is 4.53. The molecule has 29 heavy (non-hydrogen) atoms. The van der Waals surface area contributed by atoms with E-state index in [-0.39, 0.29) is 29.9 Å². The minimum atomic E-state index is -0.236. The standard InChI is InChI=1S/C24H24N2O2S/c1-18-12-14-21(15-13-18)29-17-24(28)26-25-23(27)16-22(19-8-4-2-5-9-19)20-10-6-3-7-11-20/h2-15,22H,16-17H2,1H3,(H,25,27)(H,26,28). The number of carbonyl (C=O) groups is 2. The van der Waals surface area contributed by atoms with Gasteiger partial charge in [0, 0.05) is 17.2 Å². The van der Waals surface area contributed by atoms with Crippen LogP contribution in [-0.2, 0) is 9.59 Å². The summed E-state index contributed by atoms with van der Waals surface area (Å²) in [5.74, 6) is -0.294. The van der Waals surface area contributed by atoms with Gasteiger partial charge in [-0.2, -0.15) is 0 Å². The van der Waals surface area contributed by atoms with Gasteiger partial charge in [-0.1, -0.05) is 78.4 Å². The molecular weight excluding hydrogens is 380 g/mol. The van der Waals surface area contributed by atoms with Gasteiger partial charge >= 0.3 is 0 Å². The van der Waals surface area contributed by atoms with Gasteiger partial charge in [-0.3, -0.25) is 20.4 Å². The molecule has 0 aromatic heterocycles. The van der Waals surface area contributed by atoms with Crippen molar-refractivity contribution in [1.82, 2.24) is 10.9 Å². The maximum atomic E-state index is 12.5. The molecule has 0 aliphatic carbocycles. The van der Waals surface area contributed by atoms with Crippen LogP contribution in [0.4, 0.5) is 0 Å². The number of benzene rings is 3. The van der Waals surface area contributed by atoms with Crippen LogP contribution in [0.2, 0.25) is 0 Å². The summed E-state index contributed by atoms with van der Waals surface area (Å²) >= 11 is 1.43. The molecule has 0 spiro atoms. The van der Waals surface area contributed by atoms with Crippen molar-refractivity contribution < 1.29 is 9.59 Å². The highest BCUT2D eigenvalue weighted by molar-refractivity contribution is 8.00. The lowest BCUT2D eigenvalue weighted by Crippen LogP contribution is -2.43. The molecule has 0 radical (unpaired) electrons. The van der Waals surface area contributed by atoms with E-state index in [1.807, 2.05) is 91.9 Å². The minimum Gasteiger partial charge on any atom is -0.273 e. The molecule has 0 aliphatic rings. The van der Waals surface area contributed by atoms with Crippen molar-refractivity contribution >= 4 is 23.6 Å². The Morgan fingerprint density at radius 2 is 1.28 bits per heavy atom. The van der Waals surface area contributed by atoms with Crippen molar-refractivity contribution in [3.8, 4) is 0 Å². The monoisotopic (exact) mass is 404 g/mol. The number of aryl methyl sites for hydroxylation is 1. The fourth-order valence-corrected chi connectivity index (χ4v) is 3.69. The minimum absolute atomic E-state index is 0.0729. The Labute approximate surface area is 175 Å². The van der Waals surface area contributed by atoms with Crippen molar-refractivity contribution in [1.29, 1.82) is 0 Å². The lowest BCUT2D eigenvalue weighted by Gasteiger charge is -2.18. The maximum Gasteiger partial charge on any atom is 0.248 e. The quantitative estimate of drug-likeness (QED) is 0.452. The van der Waals surface area contributed by atoms with Crippen molar-refractivity contribution in [3.05, 3.63) is 102 Å². The molecule has 0 fully saturated rings. The van der Waals surface area contributed by atoms with E-state index in [9.17, 15) is 9.59 Å². The molecule has 3 aromatic carbocycles. The van der Waals surface area contributed by atoms with E-state index in [0.29, 0.717) is 0 Å². The molecular formula is C24H24N2O2S. The van der Waals surface area contributed by atoms with Gasteiger partial charge in [-0.15, -0.1) is 11.8 Å². The first-order chi connectivity index (χ1) is 14.1. The summed E-state index contributed by atoms with van der Waals surface area (Å²) in [7, 11) is 0. The first-order valence-electron chi connectivity index (χ1n) is 9.49. The number of hydrogen-bond donors (Lipinski definition) is 2. The Morgan fingerprint density at radius 1 is 0.759 bits per heavy atom. The normalized spacial score (nSPS) is 10.6. The Bertz CT molecular complexity index is 889. The second kappa shape index (κ2) is 10.5. The molecule has 0 saturated heterocycles. The molecule has 0 atom stereocenters. The second-order valence-electron chi connectivity index (χ2n) is 6.78. The van der Waals surface area contributed by atoms with Crippen LogP contribution in [-0.4, -0.2) is 17.6 Å². The number of nitrogens with one attached hydrogen (secondary N) is 2. The number of carbonyl (C=O) groups excluding carboxylic acids is 2. The van der Waals surface area contributed by atoms with E-state index in [2.05, 4.69) is 10.9 Å². The molecule has 0 unspecified atom stereocenters. The largest absolute Gasteiger partial charge is 0.273 e. The van der Waals surface area contributed by atoms with Crippen LogP contribution in [0.15, 0.2) is 89.8 Å². The highest BCUT2D eigenvalue weighted by atomic mass is 32.2. The molecule has 0 heterocycles. The number of amides is 2. The summed E-state index contributed by atoms with van der Waals surface area (Å²) < 4.78 is 0. The summed E-state index contributed by atoms with van der Waals surface area (Å²) in [6.07, 6.45) is 0.249.